The number of hydrogen-bond acceptors (Lipinski definition) is 2. The van der Waals surface area contributed by atoms with Gasteiger partial charge in [-0.3, -0.25) is 10.3 Å². The minimum absolute atomic E-state index is 1.01. The minimum atomic E-state index is 1.01. The topological polar surface area (TPSA) is 21.3 Å². The van der Waals surface area contributed by atoms with Gasteiger partial charge in [-0.2, -0.15) is 0 Å². The van der Waals surface area contributed by atoms with E-state index in [9.17, 15) is 0 Å². The maximum atomic E-state index is 4.78. The molecule has 0 bridgehead atoms. The Morgan fingerprint density at radius 1 is 1.31 bits per heavy atom. The third-order valence-corrected chi connectivity index (χ3v) is 1.56. The summed E-state index contributed by atoms with van der Waals surface area (Å²) in [6, 6.07) is 8.16. The van der Waals surface area contributed by atoms with Gasteiger partial charge >= 0.3 is 0 Å². The summed E-state index contributed by atoms with van der Waals surface area (Å²) in [5.74, 6) is 0. The fraction of sp³-hybridized carbons (Fsp3) is 0.455. The maximum absolute atomic E-state index is 4.78. The van der Waals surface area contributed by atoms with Crippen LogP contribution in [0.4, 0.5) is 5.69 Å². The lowest BCUT2D eigenvalue weighted by atomic mass is 10.1. The number of aryl methyl sites for hydroxylation is 1. The molecular formula is C11H19NO. The van der Waals surface area contributed by atoms with Crippen LogP contribution in [-0.2, 0) is 11.3 Å². The fourth-order valence-corrected chi connectivity index (χ4v) is 0.973. The molecule has 2 heteroatoms. The van der Waals surface area contributed by atoms with Gasteiger partial charge in [-0.05, 0) is 24.1 Å². The molecular weight excluding hydrogens is 162 g/mol. The lowest BCUT2D eigenvalue weighted by Gasteiger charge is -2.03. The first-order valence-electron chi connectivity index (χ1n) is 4.74. The van der Waals surface area contributed by atoms with E-state index in [2.05, 4.69) is 24.5 Å². The molecule has 0 fully saturated rings. The molecule has 13 heavy (non-hydrogen) atoms. The molecule has 0 aromatic heterocycles. The number of rotatable bonds is 3. The van der Waals surface area contributed by atoms with E-state index in [0.29, 0.717) is 0 Å². The molecule has 74 valence electrons. The predicted octanol–water partition coefficient (Wildman–Crippen LogP) is 3.25. The van der Waals surface area contributed by atoms with E-state index >= 15 is 0 Å². The summed E-state index contributed by atoms with van der Waals surface area (Å²) in [6.45, 7) is 6.13. The largest absolute Gasteiger partial charge is 0.279 e. The van der Waals surface area contributed by atoms with Gasteiger partial charge in [0.2, 0.25) is 0 Å². The summed E-state index contributed by atoms with van der Waals surface area (Å²) in [5, 5.41) is 0. The molecule has 0 amide bonds. The highest BCUT2D eigenvalue weighted by atomic mass is 16.6. The molecule has 0 spiro atoms. The third kappa shape index (κ3) is 4.53. The second-order valence-corrected chi connectivity index (χ2v) is 2.36. The molecule has 0 radical (unpaired) electrons. The first-order valence-corrected chi connectivity index (χ1v) is 4.74. The Labute approximate surface area is 80.9 Å². The van der Waals surface area contributed by atoms with Gasteiger partial charge < -0.3 is 0 Å². The van der Waals surface area contributed by atoms with Gasteiger partial charge in [0.15, 0.2) is 0 Å². The van der Waals surface area contributed by atoms with Crippen LogP contribution in [0.2, 0.25) is 0 Å². The molecule has 1 rings (SSSR count). The zero-order valence-corrected chi connectivity index (χ0v) is 8.92. The van der Waals surface area contributed by atoms with Gasteiger partial charge in [-0.25, -0.2) is 0 Å². The minimum Gasteiger partial charge on any atom is -0.279 e. The molecule has 0 atom stereocenters. The van der Waals surface area contributed by atoms with Gasteiger partial charge in [0.05, 0.1) is 12.8 Å². The van der Waals surface area contributed by atoms with E-state index in [1.54, 1.807) is 7.11 Å². The molecule has 1 N–H and O–H groups in total. The maximum Gasteiger partial charge on any atom is 0.0636 e. The van der Waals surface area contributed by atoms with Crippen molar-refractivity contribution in [1.29, 1.82) is 0 Å². The van der Waals surface area contributed by atoms with Crippen LogP contribution in [0, 0.1) is 0 Å². The average molecular weight is 181 g/mol. The summed E-state index contributed by atoms with van der Waals surface area (Å²) in [6.07, 6.45) is 1.05. The number of benzene rings is 1. The van der Waals surface area contributed by atoms with E-state index in [1.165, 1.54) is 5.56 Å². The molecule has 1 aromatic carbocycles. The van der Waals surface area contributed by atoms with Crippen LogP contribution in [-0.4, -0.2) is 7.11 Å². The van der Waals surface area contributed by atoms with Crippen LogP contribution in [0.25, 0.3) is 0 Å². The monoisotopic (exact) mass is 181 g/mol. The van der Waals surface area contributed by atoms with Crippen LogP contribution in [0.15, 0.2) is 24.3 Å². The van der Waals surface area contributed by atoms with Crippen molar-refractivity contribution in [3.05, 3.63) is 29.8 Å². The standard InChI is InChI=1S/C9H13NO.C2H6/c1-3-8-5-4-6-9(7-8)10-11-2;1-2/h4-7,10H,3H2,1-2H3;1-2H3. The van der Waals surface area contributed by atoms with E-state index in [1.807, 2.05) is 26.0 Å². The smallest absolute Gasteiger partial charge is 0.0636 e. The number of anilines is 1. The van der Waals surface area contributed by atoms with E-state index < -0.39 is 0 Å². The van der Waals surface area contributed by atoms with Crippen LogP contribution in [0.5, 0.6) is 0 Å². The van der Waals surface area contributed by atoms with Crippen LogP contribution in [0.3, 0.4) is 0 Å². The van der Waals surface area contributed by atoms with Crippen molar-refractivity contribution in [3.8, 4) is 0 Å². The Bertz CT molecular complexity index is 223. The second kappa shape index (κ2) is 7.62. The normalized spacial score (nSPS) is 8.62. The van der Waals surface area contributed by atoms with Crippen molar-refractivity contribution in [1.82, 2.24) is 0 Å². The molecule has 2 nitrogen and oxygen atoms in total. The number of hydrogen-bond donors (Lipinski definition) is 1. The van der Waals surface area contributed by atoms with Crippen molar-refractivity contribution in [2.45, 2.75) is 27.2 Å². The van der Waals surface area contributed by atoms with Gasteiger partial charge in [0, 0.05) is 0 Å². The molecule has 0 aliphatic rings. The van der Waals surface area contributed by atoms with Crippen molar-refractivity contribution in [2.24, 2.45) is 0 Å². The van der Waals surface area contributed by atoms with Crippen molar-refractivity contribution >= 4 is 5.69 Å². The number of nitrogens with one attached hydrogen (secondary N) is 1. The summed E-state index contributed by atoms with van der Waals surface area (Å²) >= 11 is 0. The van der Waals surface area contributed by atoms with E-state index in [0.717, 1.165) is 12.1 Å². The first-order chi connectivity index (χ1) is 6.36. The molecule has 0 aliphatic carbocycles. The lowest BCUT2D eigenvalue weighted by molar-refractivity contribution is 0.271. The zero-order valence-electron chi connectivity index (χ0n) is 8.92. The summed E-state index contributed by atoms with van der Waals surface area (Å²) < 4.78 is 0. The molecule has 0 saturated heterocycles. The molecule has 0 unspecified atom stereocenters. The van der Waals surface area contributed by atoms with Crippen LogP contribution >= 0.6 is 0 Å². The van der Waals surface area contributed by atoms with Crippen LogP contribution in [0.1, 0.15) is 26.3 Å². The predicted molar refractivity (Wildman–Crippen MR) is 57.8 cm³/mol. The lowest BCUT2D eigenvalue weighted by Crippen LogP contribution is -1.95. The Morgan fingerprint density at radius 3 is 2.54 bits per heavy atom. The highest BCUT2D eigenvalue weighted by Crippen LogP contribution is 2.10. The van der Waals surface area contributed by atoms with Crippen molar-refractivity contribution in [3.63, 3.8) is 0 Å². The third-order valence-electron chi connectivity index (χ3n) is 1.56. The van der Waals surface area contributed by atoms with Crippen molar-refractivity contribution < 1.29 is 4.84 Å². The molecule has 0 heterocycles. The van der Waals surface area contributed by atoms with E-state index in [-0.39, 0.29) is 0 Å². The quantitative estimate of drug-likeness (QED) is 0.723. The van der Waals surface area contributed by atoms with E-state index in [4.69, 9.17) is 4.84 Å². The van der Waals surface area contributed by atoms with Gasteiger partial charge in [0.1, 0.15) is 0 Å². The first kappa shape index (κ1) is 12.0. The van der Waals surface area contributed by atoms with Gasteiger partial charge in [-0.15, -0.1) is 0 Å². The molecule has 1 aromatic rings. The molecule has 0 aliphatic heterocycles. The van der Waals surface area contributed by atoms with Gasteiger partial charge in [-0.1, -0.05) is 32.9 Å². The Balaban J connectivity index is 0.000000671. The summed E-state index contributed by atoms with van der Waals surface area (Å²) in [4.78, 5) is 4.78. The zero-order chi connectivity index (χ0) is 10.1. The Kier molecular flexibility index (Phi) is 7.02. The van der Waals surface area contributed by atoms with Crippen molar-refractivity contribution in [2.75, 3.05) is 12.6 Å². The van der Waals surface area contributed by atoms with Gasteiger partial charge in [0.25, 0.3) is 0 Å². The summed E-state index contributed by atoms with van der Waals surface area (Å²) in [5.41, 5.74) is 5.10. The second-order valence-electron chi connectivity index (χ2n) is 2.36. The highest BCUT2D eigenvalue weighted by Gasteiger charge is 1.91. The highest BCUT2D eigenvalue weighted by molar-refractivity contribution is 5.43. The molecule has 0 saturated carbocycles. The SMILES string of the molecule is CC.CCc1cccc(NOC)c1. The fourth-order valence-electron chi connectivity index (χ4n) is 0.973. The summed E-state index contributed by atoms with van der Waals surface area (Å²) in [7, 11) is 1.61. The Hall–Kier alpha value is -1.02. The van der Waals surface area contributed by atoms with Crippen LogP contribution < -0.4 is 5.48 Å². The Morgan fingerprint density at radius 2 is 2.00 bits per heavy atom. The average Bonchev–Trinajstić information content (AvgIpc) is 2.22.